The van der Waals surface area contributed by atoms with Gasteiger partial charge in [-0.2, -0.15) is 0 Å². The van der Waals surface area contributed by atoms with E-state index in [0.717, 1.165) is 5.39 Å². The number of amides is 2. The van der Waals surface area contributed by atoms with Gasteiger partial charge in [0, 0.05) is 27.3 Å². The van der Waals surface area contributed by atoms with Gasteiger partial charge in [0.1, 0.15) is 5.58 Å². The Labute approximate surface area is 197 Å². The molecular weight excluding hydrogens is 458 g/mol. The van der Waals surface area contributed by atoms with Crippen molar-refractivity contribution in [3.8, 4) is 17.4 Å². The van der Waals surface area contributed by atoms with Gasteiger partial charge in [0.25, 0.3) is 5.91 Å². The number of azo groups is 1. The van der Waals surface area contributed by atoms with Gasteiger partial charge in [0.05, 0.1) is 10.7 Å². The molecule has 0 saturated heterocycles. The molecule has 0 unspecified atom stereocenters. The molecule has 8 nitrogen and oxygen atoms in total. The van der Waals surface area contributed by atoms with Crippen LogP contribution in [0.25, 0.3) is 27.4 Å². The topological polar surface area (TPSA) is 117 Å². The minimum atomic E-state index is -0.798. The third-order valence-electron chi connectivity index (χ3n) is 5.53. The number of benzene rings is 3. The van der Waals surface area contributed by atoms with E-state index in [0.29, 0.717) is 27.2 Å². The Morgan fingerprint density at radius 1 is 0.853 bits per heavy atom. The number of fused-ring (bicyclic) bond motifs is 2. The monoisotopic (exact) mass is 473 g/mol. The molecule has 2 amide bonds. The number of furan rings is 1. The Hall–Kier alpha value is -4.43. The molecule has 0 aliphatic carbocycles. The van der Waals surface area contributed by atoms with E-state index < -0.39 is 11.8 Å². The van der Waals surface area contributed by atoms with Crippen LogP contribution in [-0.2, 0) is 0 Å². The highest BCUT2D eigenvalue weighted by Crippen LogP contribution is 2.40. The molecule has 0 bridgehead atoms. The highest BCUT2D eigenvalue weighted by Gasteiger charge is 2.21. The van der Waals surface area contributed by atoms with E-state index in [1.807, 2.05) is 12.1 Å². The first-order valence-corrected chi connectivity index (χ1v) is 10.5. The van der Waals surface area contributed by atoms with Gasteiger partial charge in [-0.1, -0.05) is 47.0 Å². The number of hydrogen-bond donors (Lipinski definition) is 2. The number of halogens is 1. The molecule has 0 aliphatic rings. The summed E-state index contributed by atoms with van der Waals surface area (Å²) in [5.74, 6) is -2.12. The molecule has 0 radical (unpaired) electrons. The first-order valence-electron chi connectivity index (χ1n) is 10.2. The Morgan fingerprint density at radius 2 is 1.53 bits per heavy atom. The fourth-order valence-electron chi connectivity index (χ4n) is 3.83. The van der Waals surface area contributed by atoms with Crippen LogP contribution in [0, 0.1) is 6.92 Å². The summed E-state index contributed by atoms with van der Waals surface area (Å²) in [7, 11) is 0. The van der Waals surface area contributed by atoms with E-state index in [1.54, 1.807) is 43.3 Å². The third-order valence-corrected chi connectivity index (χ3v) is 5.85. The molecule has 34 heavy (non-hydrogen) atoms. The fraction of sp³-hybridized carbons (Fsp3) is 0.0400. The van der Waals surface area contributed by atoms with Crippen LogP contribution in [0.5, 0.6) is 11.8 Å². The third kappa shape index (κ3) is 3.41. The van der Waals surface area contributed by atoms with Crippen molar-refractivity contribution in [1.82, 2.24) is 4.57 Å². The quantitative estimate of drug-likeness (QED) is 0.303. The summed E-state index contributed by atoms with van der Waals surface area (Å²) in [4.78, 5) is 25.1. The van der Waals surface area contributed by atoms with E-state index in [4.69, 9.17) is 16.0 Å². The van der Waals surface area contributed by atoms with Crippen molar-refractivity contribution in [2.75, 3.05) is 0 Å². The SMILES string of the molecule is Cc1c(C(=O)N=NC(=O)c2ccc3c(O)n(-c4ccccc4Cl)c(O)c3c2)oc2ccccc12. The molecule has 0 spiro atoms. The summed E-state index contributed by atoms with van der Waals surface area (Å²) in [6.07, 6.45) is 0. The van der Waals surface area contributed by atoms with E-state index in [2.05, 4.69) is 10.2 Å². The van der Waals surface area contributed by atoms with Gasteiger partial charge in [0.2, 0.25) is 11.8 Å². The predicted octanol–water partition coefficient (Wildman–Crippen LogP) is 6.18. The highest BCUT2D eigenvalue weighted by molar-refractivity contribution is 6.32. The van der Waals surface area contributed by atoms with Crippen LogP contribution in [0.4, 0.5) is 0 Å². The number of nitrogens with zero attached hydrogens (tertiary/aromatic N) is 3. The van der Waals surface area contributed by atoms with E-state index in [9.17, 15) is 19.8 Å². The maximum Gasteiger partial charge on any atom is 0.331 e. The molecule has 0 fully saturated rings. The van der Waals surface area contributed by atoms with E-state index >= 15 is 0 Å². The maximum atomic E-state index is 12.6. The zero-order valence-corrected chi connectivity index (χ0v) is 18.4. The predicted molar refractivity (Wildman–Crippen MR) is 126 cm³/mol. The first-order chi connectivity index (χ1) is 16.4. The van der Waals surface area contributed by atoms with Crippen molar-refractivity contribution in [3.05, 3.63) is 88.6 Å². The fourth-order valence-corrected chi connectivity index (χ4v) is 4.05. The van der Waals surface area contributed by atoms with Gasteiger partial charge in [-0.05, 0) is 43.3 Å². The average molecular weight is 474 g/mol. The van der Waals surface area contributed by atoms with Crippen LogP contribution in [0.2, 0.25) is 5.02 Å². The molecule has 0 atom stereocenters. The van der Waals surface area contributed by atoms with Gasteiger partial charge in [-0.3, -0.25) is 9.59 Å². The minimum Gasteiger partial charge on any atom is -0.494 e. The minimum absolute atomic E-state index is 0.00702. The van der Waals surface area contributed by atoms with E-state index in [-0.39, 0.29) is 28.5 Å². The van der Waals surface area contributed by atoms with Crippen LogP contribution in [-0.4, -0.2) is 26.6 Å². The first kappa shape index (κ1) is 21.4. The molecule has 9 heteroatoms. The van der Waals surface area contributed by atoms with Crippen LogP contribution in [0.15, 0.2) is 81.4 Å². The number of rotatable bonds is 3. The van der Waals surface area contributed by atoms with Crippen molar-refractivity contribution >= 4 is 45.2 Å². The van der Waals surface area contributed by atoms with Gasteiger partial charge >= 0.3 is 5.91 Å². The average Bonchev–Trinajstić information content (AvgIpc) is 3.31. The smallest absolute Gasteiger partial charge is 0.331 e. The van der Waals surface area contributed by atoms with Crippen molar-refractivity contribution in [2.24, 2.45) is 10.2 Å². The lowest BCUT2D eigenvalue weighted by Crippen LogP contribution is -1.98. The normalized spacial score (nSPS) is 11.6. The number of aryl methyl sites for hydroxylation is 1. The van der Waals surface area contributed by atoms with Crippen LogP contribution < -0.4 is 0 Å². The van der Waals surface area contributed by atoms with Gasteiger partial charge in [0.15, 0.2) is 5.76 Å². The summed E-state index contributed by atoms with van der Waals surface area (Å²) < 4.78 is 6.73. The van der Waals surface area contributed by atoms with E-state index in [1.165, 1.54) is 22.8 Å². The largest absolute Gasteiger partial charge is 0.494 e. The molecule has 0 saturated carbocycles. The van der Waals surface area contributed by atoms with Gasteiger partial charge in [-0.25, -0.2) is 4.57 Å². The van der Waals surface area contributed by atoms with Crippen molar-refractivity contribution in [3.63, 3.8) is 0 Å². The number of aromatic hydroxyl groups is 2. The number of carbonyl (C=O) groups is 2. The molecule has 2 N–H and O–H groups in total. The summed E-state index contributed by atoms with van der Waals surface area (Å²) in [5.41, 5.74) is 1.58. The molecule has 0 aliphatic heterocycles. The summed E-state index contributed by atoms with van der Waals surface area (Å²) >= 11 is 6.21. The standard InChI is InChI=1S/C25H16ClN3O5/c1-13-15-6-2-5-9-20(15)34-21(13)23(31)28-27-22(30)14-10-11-16-17(12-14)25(33)29(24(16)32)19-8-4-3-7-18(19)26/h2-12,32-33H,1H3. The highest BCUT2D eigenvalue weighted by atomic mass is 35.5. The number of para-hydroxylation sites is 2. The zero-order valence-electron chi connectivity index (χ0n) is 17.7. The number of aromatic nitrogens is 1. The van der Waals surface area contributed by atoms with Gasteiger partial charge in [-0.15, -0.1) is 5.11 Å². The van der Waals surface area contributed by atoms with Crippen LogP contribution >= 0.6 is 11.6 Å². The van der Waals surface area contributed by atoms with Crippen molar-refractivity contribution < 1.29 is 24.2 Å². The molecule has 2 aromatic heterocycles. The molecular formula is C25H16ClN3O5. The number of carbonyl (C=O) groups excluding carboxylic acids is 2. The zero-order chi connectivity index (χ0) is 24.0. The molecule has 2 heterocycles. The van der Waals surface area contributed by atoms with Crippen molar-refractivity contribution in [1.29, 1.82) is 0 Å². The molecule has 5 aromatic rings. The summed E-state index contributed by atoms with van der Waals surface area (Å²) in [6, 6.07) is 18.1. The lowest BCUT2D eigenvalue weighted by Gasteiger charge is -2.08. The molecule has 3 aromatic carbocycles. The summed E-state index contributed by atoms with van der Waals surface area (Å²) in [5, 5.41) is 30.0. The van der Waals surface area contributed by atoms with Crippen LogP contribution in [0.1, 0.15) is 26.5 Å². The Morgan fingerprint density at radius 3 is 2.29 bits per heavy atom. The number of hydrogen-bond acceptors (Lipinski definition) is 5. The van der Waals surface area contributed by atoms with Crippen LogP contribution in [0.3, 0.4) is 0 Å². The molecule has 168 valence electrons. The van der Waals surface area contributed by atoms with Crippen molar-refractivity contribution in [2.45, 2.75) is 6.92 Å². The Kier molecular flexibility index (Phi) is 5.14. The van der Waals surface area contributed by atoms with Gasteiger partial charge < -0.3 is 14.6 Å². The lowest BCUT2D eigenvalue weighted by atomic mass is 10.1. The lowest BCUT2D eigenvalue weighted by molar-refractivity contribution is 0.0932. The summed E-state index contributed by atoms with van der Waals surface area (Å²) in [6.45, 7) is 1.73. The second-order valence-electron chi connectivity index (χ2n) is 7.56. The second kappa shape index (κ2) is 8.17. The Balaban J connectivity index is 1.47. The molecule has 5 rings (SSSR count). The Bertz CT molecular complexity index is 1650. The second-order valence-corrected chi connectivity index (χ2v) is 7.96. The maximum absolute atomic E-state index is 12.6.